The van der Waals surface area contributed by atoms with Gasteiger partial charge >= 0.3 is 0 Å². The van der Waals surface area contributed by atoms with Crippen LogP contribution in [0, 0.1) is 0 Å². The third kappa shape index (κ3) is 8.26. The molecule has 0 aliphatic carbocycles. The minimum atomic E-state index is -3.23. The molecule has 0 heterocycles. The molecule has 4 nitrogen and oxygen atoms in total. The molecule has 6 heteroatoms. The van der Waals surface area contributed by atoms with E-state index in [1.165, 1.54) is 0 Å². The van der Waals surface area contributed by atoms with Gasteiger partial charge in [-0.25, -0.2) is 8.78 Å². The lowest BCUT2D eigenvalue weighted by atomic mass is 10.2. The number of carbonyl (C=O) groups excluding carboxylic acids is 1. The topological polar surface area (TPSA) is 75.4 Å². The maximum absolute atomic E-state index is 12.5. The van der Waals surface area contributed by atoms with E-state index in [4.69, 9.17) is 10.8 Å². The van der Waals surface area contributed by atoms with Crippen molar-refractivity contribution in [1.82, 2.24) is 5.32 Å². The molecule has 0 aromatic rings. The summed E-state index contributed by atoms with van der Waals surface area (Å²) in [6.45, 7) is -1.48. The van der Waals surface area contributed by atoms with E-state index in [0.29, 0.717) is 13.0 Å². The van der Waals surface area contributed by atoms with Crippen LogP contribution in [-0.4, -0.2) is 36.6 Å². The first-order valence-electron chi connectivity index (χ1n) is 4.97. The Morgan fingerprint density at radius 2 is 2.00 bits per heavy atom. The van der Waals surface area contributed by atoms with Crippen molar-refractivity contribution in [3.05, 3.63) is 0 Å². The summed E-state index contributed by atoms with van der Waals surface area (Å²) in [5, 5.41) is 10.3. The van der Waals surface area contributed by atoms with Crippen LogP contribution in [0.2, 0.25) is 0 Å². The number of nitrogens with two attached hydrogens (primary N) is 1. The van der Waals surface area contributed by atoms with Crippen LogP contribution in [0.25, 0.3) is 0 Å². The SMILES string of the molecule is NCCCCCC(=O)NCC(F)(F)CO. The number of hydrogen-bond acceptors (Lipinski definition) is 3. The third-order valence-electron chi connectivity index (χ3n) is 1.88. The minimum Gasteiger partial charge on any atom is -0.390 e. The van der Waals surface area contributed by atoms with Crippen LogP contribution in [0.3, 0.4) is 0 Å². The molecule has 1 amide bonds. The average Bonchev–Trinajstić information content (AvgIpc) is 2.22. The predicted molar refractivity (Wildman–Crippen MR) is 52.6 cm³/mol. The van der Waals surface area contributed by atoms with Crippen molar-refractivity contribution in [1.29, 1.82) is 0 Å². The maximum Gasteiger partial charge on any atom is 0.287 e. The molecule has 90 valence electrons. The Hall–Kier alpha value is -0.750. The van der Waals surface area contributed by atoms with Gasteiger partial charge in [0.25, 0.3) is 5.92 Å². The molecule has 0 bridgehead atoms. The zero-order valence-corrected chi connectivity index (χ0v) is 8.64. The normalized spacial score (nSPS) is 11.5. The van der Waals surface area contributed by atoms with Crippen molar-refractivity contribution >= 4 is 5.91 Å². The highest BCUT2D eigenvalue weighted by Crippen LogP contribution is 2.09. The van der Waals surface area contributed by atoms with Crippen molar-refractivity contribution in [2.45, 2.75) is 31.6 Å². The van der Waals surface area contributed by atoms with E-state index in [1.54, 1.807) is 0 Å². The number of aliphatic hydroxyl groups excluding tert-OH is 1. The molecule has 0 fully saturated rings. The molecule has 15 heavy (non-hydrogen) atoms. The second-order valence-corrected chi connectivity index (χ2v) is 3.39. The van der Waals surface area contributed by atoms with Crippen molar-refractivity contribution in [3.8, 4) is 0 Å². The van der Waals surface area contributed by atoms with E-state index < -0.39 is 25.0 Å². The number of aliphatic hydroxyl groups is 1. The first-order valence-corrected chi connectivity index (χ1v) is 4.97. The molecule has 4 N–H and O–H groups in total. The van der Waals surface area contributed by atoms with Crippen LogP contribution in [0.4, 0.5) is 8.78 Å². The predicted octanol–water partition coefficient (Wildman–Crippen LogP) is 0.249. The van der Waals surface area contributed by atoms with Crippen molar-refractivity contribution in [2.24, 2.45) is 5.73 Å². The fourth-order valence-electron chi connectivity index (χ4n) is 0.979. The molecule has 0 atom stereocenters. The number of unbranched alkanes of at least 4 members (excludes halogenated alkanes) is 2. The second kappa shape index (κ2) is 7.53. The van der Waals surface area contributed by atoms with Crippen molar-refractivity contribution < 1.29 is 18.7 Å². The second-order valence-electron chi connectivity index (χ2n) is 3.39. The number of rotatable bonds is 8. The average molecular weight is 224 g/mol. The Labute approximate surface area is 87.8 Å². The quantitative estimate of drug-likeness (QED) is 0.517. The summed E-state index contributed by atoms with van der Waals surface area (Å²) in [5.74, 6) is -3.65. The van der Waals surface area contributed by atoms with E-state index in [1.807, 2.05) is 0 Å². The molecule has 0 saturated heterocycles. The number of carbonyl (C=O) groups is 1. The van der Waals surface area contributed by atoms with Gasteiger partial charge in [0.15, 0.2) is 0 Å². The number of alkyl halides is 2. The zero-order valence-electron chi connectivity index (χ0n) is 8.64. The Morgan fingerprint density at radius 3 is 2.53 bits per heavy atom. The van der Waals surface area contributed by atoms with E-state index in [9.17, 15) is 13.6 Å². The molecular formula is C9H18F2N2O2. The summed E-state index contributed by atoms with van der Waals surface area (Å²) in [6.07, 6.45) is 2.52. The van der Waals surface area contributed by atoms with Gasteiger partial charge in [-0.1, -0.05) is 6.42 Å². The molecule has 0 radical (unpaired) electrons. The van der Waals surface area contributed by atoms with Gasteiger partial charge in [0.2, 0.25) is 5.91 Å². The fourth-order valence-corrected chi connectivity index (χ4v) is 0.979. The number of nitrogens with one attached hydrogen (secondary N) is 1. The summed E-state index contributed by atoms with van der Waals surface area (Å²) in [5.41, 5.74) is 5.25. The highest BCUT2D eigenvalue weighted by molar-refractivity contribution is 5.75. The van der Waals surface area contributed by atoms with Crippen LogP contribution in [0.15, 0.2) is 0 Å². The Kier molecular flexibility index (Phi) is 7.15. The highest BCUT2D eigenvalue weighted by Gasteiger charge is 2.27. The Morgan fingerprint density at radius 1 is 1.33 bits per heavy atom. The molecular weight excluding hydrogens is 206 g/mol. The maximum atomic E-state index is 12.5. The number of amides is 1. The van der Waals surface area contributed by atoms with Crippen molar-refractivity contribution in [3.63, 3.8) is 0 Å². The molecule has 0 aromatic heterocycles. The van der Waals surface area contributed by atoms with Gasteiger partial charge in [-0.05, 0) is 19.4 Å². The smallest absolute Gasteiger partial charge is 0.287 e. The van der Waals surface area contributed by atoms with Crippen LogP contribution >= 0.6 is 0 Å². The summed E-state index contributed by atoms with van der Waals surface area (Å²) >= 11 is 0. The molecule has 0 saturated carbocycles. The van der Waals surface area contributed by atoms with Gasteiger partial charge in [0, 0.05) is 6.42 Å². The molecule has 0 aromatic carbocycles. The van der Waals surface area contributed by atoms with Crippen LogP contribution in [0.5, 0.6) is 0 Å². The third-order valence-corrected chi connectivity index (χ3v) is 1.88. The van der Waals surface area contributed by atoms with Gasteiger partial charge in [-0.2, -0.15) is 0 Å². The first-order chi connectivity index (χ1) is 7.02. The van der Waals surface area contributed by atoms with Gasteiger partial charge < -0.3 is 16.2 Å². The molecule has 0 aliphatic heterocycles. The van der Waals surface area contributed by atoms with Crippen LogP contribution in [-0.2, 0) is 4.79 Å². The molecule has 0 aliphatic rings. The van der Waals surface area contributed by atoms with Gasteiger partial charge in [0.1, 0.15) is 6.61 Å². The van der Waals surface area contributed by atoms with Crippen molar-refractivity contribution in [2.75, 3.05) is 19.7 Å². The number of hydrogen-bond donors (Lipinski definition) is 3. The van der Waals surface area contributed by atoms with E-state index in [2.05, 4.69) is 5.32 Å². The lowest BCUT2D eigenvalue weighted by Gasteiger charge is -2.13. The number of halogens is 2. The summed E-state index contributed by atoms with van der Waals surface area (Å²) in [7, 11) is 0. The summed E-state index contributed by atoms with van der Waals surface area (Å²) < 4.78 is 24.9. The zero-order chi connectivity index (χ0) is 11.7. The van der Waals surface area contributed by atoms with E-state index >= 15 is 0 Å². The van der Waals surface area contributed by atoms with Gasteiger partial charge in [-0.15, -0.1) is 0 Å². The van der Waals surface area contributed by atoms with Crippen LogP contribution in [0.1, 0.15) is 25.7 Å². The van der Waals surface area contributed by atoms with Gasteiger partial charge in [-0.3, -0.25) is 4.79 Å². The summed E-state index contributed by atoms with van der Waals surface area (Å²) in [6, 6.07) is 0. The minimum absolute atomic E-state index is 0.224. The Balaban J connectivity index is 3.49. The largest absolute Gasteiger partial charge is 0.390 e. The monoisotopic (exact) mass is 224 g/mol. The lowest BCUT2D eigenvalue weighted by Crippen LogP contribution is -2.38. The highest BCUT2D eigenvalue weighted by atomic mass is 19.3. The molecule has 0 unspecified atom stereocenters. The van der Waals surface area contributed by atoms with Gasteiger partial charge in [0.05, 0.1) is 6.54 Å². The lowest BCUT2D eigenvalue weighted by molar-refractivity contribution is -0.124. The fraction of sp³-hybridized carbons (Fsp3) is 0.889. The van der Waals surface area contributed by atoms with Crippen LogP contribution < -0.4 is 11.1 Å². The summed E-state index contributed by atoms with van der Waals surface area (Å²) in [4.78, 5) is 11.0. The standard InChI is InChI=1S/C9H18F2N2O2/c10-9(11,7-14)6-13-8(15)4-2-1-3-5-12/h14H,1-7,12H2,(H,13,15). The Bertz CT molecular complexity index is 189. The van der Waals surface area contributed by atoms with E-state index in [-0.39, 0.29) is 6.42 Å². The molecule has 0 rings (SSSR count). The first kappa shape index (κ1) is 14.2. The van der Waals surface area contributed by atoms with E-state index in [0.717, 1.165) is 12.8 Å². The molecule has 0 spiro atoms.